The first kappa shape index (κ1) is 21.8. The van der Waals surface area contributed by atoms with Crippen molar-refractivity contribution in [1.82, 2.24) is 20.3 Å². The van der Waals surface area contributed by atoms with Gasteiger partial charge >= 0.3 is 5.97 Å². The number of aromatic nitrogens is 3. The highest BCUT2D eigenvalue weighted by Gasteiger charge is 2.43. The molecule has 12 nitrogen and oxygen atoms in total. The third-order valence-electron chi connectivity index (χ3n) is 4.17. The number of carbonyl (C=O) groups excluding carboxylic acids is 1. The summed E-state index contributed by atoms with van der Waals surface area (Å²) in [6.45, 7) is 0.994. The molecule has 1 aliphatic rings. The van der Waals surface area contributed by atoms with Crippen molar-refractivity contribution in [2.24, 2.45) is 0 Å². The Bertz CT molecular complexity index is 721. The van der Waals surface area contributed by atoms with Crippen LogP contribution < -0.4 is 5.32 Å². The van der Waals surface area contributed by atoms with Crippen LogP contribution in [0, 0.1) is 0 Å². The predicted octanol–water partition coefficient (Wildman–Crippen LogP) is -2.84. The van der Waals surface area contributed by atoms with Gasteiger partial charge < -0.3 is 35.6 Å². The minimum Gasteiger partial charge on any atom is -0.478 e. The fraction of sp³-hybridized carbons (Fsp3) is 0.625. The van der Waals surface area contributed by atoms with Crippen molar-refractivity contribution in [2.45, 2.75) is 56.8 Å². The van der Waals surface area contributed by atoms with Gasteiger partial charge in [0.2, 0.25) is 11.7 Å². The number of nitrogens with zero attached hydrogens (tertiary/aromatic N) is 3. The number of rotatable bonds is 9. The Balaban J connectivity index is 2.12. The SMILES string of the molecule is CC(=O)N[C@H]1C([C@@H](O)[C@@H](O)Cn2cc(CCCO)nn2)OC(C(=O)O)=C[C@@H]1O. The van der Waals surface area contributed by atoms with Gasteiger partial charge in [0, 0.05) is 19.7 Å². The van der Waals surface area contributed by atoms with E-state index in [2.05, 4.69) is 15.6 Å². The Morgan fingerprint density at radius 1 is 1.39 bits per heavy atom. The number of ether oxygens (including phenoxy) is 1. The van der Waals surface area contributed by atoms with Crippen molar-refractivity contribution in [3.05, 3.63) is 23.7 Å². The lowest BCUT2D eigenvalue weighted by atomic mass is 9.93. The third kappa shape index (κ3) is 5.48. The van der Waals surface area contributed by atoms with Gasteiger partial charge in [0.25, 0.3) is 0 Å². The second-order valence-corrected chi connectivity index (χ2v) is 6.45. The second kappa shape index (κ2) is 9.59. The summed E-state index contributed by atoms with van der Waals surface area (Å²) >= 11 is 0. The molecular formula is C16H24N4O8. The number of carbonyl (C=O) groups is 2. The van der Waals surface area contributed by atoms with E-state index in [1.165, 1.54) is 17.8 Å². The maximum absolute atomic E-state index is 11.4. The van der Waals surface area contributed by atoms with Crippen LogP contribution in [-0.2, 0) is 27.3 Å². The summed E-state index contributed by atoms with van der Waals surface area (Å²) in [5, 5.41) is 59.0. The van der Waals surface area contributed by atoms with Crippen LogP contribution >= 0.6 is 0 Å². The summed E-state index contributed by atoms with van der Waals surface area (Å²) in [5.41, 5.74) is 0.590. The molecular weight excluding hydrogens is 376 g/mol. The molecule has 1 amide bonds. The number of aliphatic hydroxyl groups is 4. The molecule has 2 heterocycles. The van der Waals surface area contributed by atoms with E-state index in [9.17, 15) is 24.9 Å². The minimum atomic E-state index is -1.65. The number of aryl methyl sites for hydroxylation is 1. The smallest absolute Gasteiger partial charge is 0.370 e. The predicted molar refractivity (Wildman–Crippen MR) is 91.6 cm³/mol. The van der Waals surface area contributed by atoms with Gasteiger partial charge in [-0.1, -0.05) is 5.21 Å². The van der Waals surface area contributed by atoms with E-state index < -0.39 is 48.1 Å². The Kier molecular flexibility index (Phi) is 7.45. The molecule has 6 N–H and O–H groups in total. The van der Waals surface area contributed by atoms with Crippen molar-refractivity contribution in [1.29, 1.82) is 0 Å². The molecule has 0 spiro atoms. The first-order valence-electron chi connectivity index (χ1n) is 8.66. The molecule has 5 atom stereocenters. The number of carboxylic acid groups (broad SMARTS) is 1. The standard InChI is InChI=1S/C16H24N4O8/c1-8(22)17-13-10(23)5-12(16(26)27)28-15(13)14(25)11(24)7-20-6-9(18-19-20)3-2-4-21/h5-6,10-11,13-15,21,23-25H,2-4,7H2,1H3,(H,17,22)(H,26,27)/t10-,11-,13+,14-,15?/m0/s1. The first-order valence-corrected chi connectivity index (χ1v) is 8.66. The van der Waals surface area contributed by atoms with Gasteiger partial charge in [-0.05, 0) is 18.9 Å². The van der Waals surface area contributed by atoms with Gasteiger partial charge in [0.15, 0.2) is 6.10 Å². The maximum Gasteiger partial charge on any atom is 0.370 e. The zero-order valence-electron chi connectivity index (χ0n) is 15.2. The molecule has 0 radical (unpaired) electrons. The summed E-state index contributed by atoms with van der Waals surface area (Å²) < 4.78 is 6.49. The van der Waals surface area contributed by atoms with E-state index in [-0.39, 0.29) is 13.2 Å². The van der Waals surface area contributed by atoms with Crippen LogP contribution in [0.5, 0.6) is 0 Å². The van der Waals surface area contributed by atoms with Gasteiger partial charge in [0.1, 0.15) is 18.3 Å². The van der Waals surface area contributed by atoms with Gasteiger partial charge in [-0.2, -0.15) is 0 Å². The second-order valence-electron chi connectivity index (χ2n) is 6.45. The molecule has 1 aromatic heterocycles. The Labute approximate surface area is 160 Å². The maximum atomic E-state index is 11.4. The zero-order valence-corrected chi connectivity index (χ0v) is 15.2. The highest BCUT2D eigenvalue weighted by Crippen LogP contribution is 2.23. The van der Waals surface area contributed by atoms with E-state index in [0.29, 0.717) is 18.5 Å². The van der Waals surface area contributed by atoms with Gasteiger partial charge in [-0.25, -0.2) is 9.48 Å². The number of hydrogen-bond donors (Lipinski definition) is 6. The highest BCUT2D eigenvalue weighted by molar-refractivity contribution is 5.84. The molecule has 0 saturated heterocycles. The highest BCUT2D eigenvalue weighted by atomic mass is 16.5. The number of carboxylic acids is 1. The lowest BCUT2D eigenvalue weighted by molar-refractivity contribution is -0.148. The number of amides is 1. The first-order chi connectivity index (χ1) is 13.2. The van der Waals surface area contributed by atoms with E-state index in [1.807, 2.05) is 0 Å². The fourth-order valence-electron chi connectivity index (χ4n) is 2.84. The van der Waals surface area contributed by atoms with Crippen molar-refractivity contribution in [3.63, 3.8) is 0 Å². The number of hydrogen-bond acceptors (Lipinski definition) is 9. The topological polar surface area (TPSA) is 187 Å². The van der Waals surface area contributed by atoms with E-state index >= 15 is 0 Å². The van der Waals surface area contributed by atoms with Crippen LogP contribution in [0.25, 0.3) is 0 Å². The van der Waals surface area contributed by atoms with E-state index in [4.69, 9.17) is 14.9 Å². The Morgan fingerprint density at radius 3 is 2.71 bits per heavy atom. The van der Waals surface area contributed by atoms with Gasteiger partial charge in [-0.3, -0.25) is 4.79 Å². The number of aliphatic hydroxyl groups excluding tert-OH is 4. The van der Waals surface area contributed by atoms with Crippen molar-refractivity contribution in [2.75, 3.05) is 6.61 Å². The number of nitrogens with one attached hydrogen (secondary N) is 1. The fourth-order valence-corrected chi connectivity index (χ4v) is 2.84. The van der Waals surface area contributed by atoms with Crippen LogP contribution in [0.2, 0.25) is 0 Å². The monoisotopic (exact) mass is 400 g/mol. The molecule has 1 aromatic rings. The van der Waals surface area contributed by atoms with Gasteiger partial charge in [0.05, 0.1) is 18.3 Å². The van der Waals surface area contributed by atoms with Crippen LogP contribution in [0.4, 0.5) is 0 Å². The summed E-state index contributed by atoms with van der Waals surface area (Å²) in [5.74, 6) is -2.59. The molecule has 28 heavy (non-hydrogen) atoms. The molecule has 0 saturated carbocycles. The van der Waals surface area contributed by atoms with Crippen LogP contribution in [0.1, 0.15) is 19.0 Å². The average molecular weight is 400 g/mol. The molecule has 2 rings (SSSR count). The zero-order chi connectivity index (χ0) is 20.8. The average Bonchev–Trinajstić information content (AvgIpc) is 3.07. The lowest BCUT2D eigenvalue weighted by Gasteiger charge is -2.38. The van der Waals surface area contributed by atoms with Crippen molar-refractivity contribution >= 4 is 11.9 Å². The summed E-state index contributed by atoms with van der Waals surface area (Å²) in [4.78, 5) is 22.6. The van der Waals surface area contributed by atoms with Crippen LogP contribution in [0.15, 0.2) is 18.0 Å². The van der Waals surface area contributed by atoms with Gasteiger partial charge in [-0.15, -0.1) is 5.10 Å². The Hall–Kier alpha value is -2.54. The summed E-state index contributed by atoms with van der Waals surface area (Å²) in [6, 6.07) is -1.17. The molecule has 0 aliphatic carbocycles. The summed E-state index contributed by atoms with van der Waals surface area (Å²) in [7, 11) is 0. The largest absolute Gasteiger partial charge is 0.478 e. The van der Waals surface area contributed by atoms with Crippen LogP contribution in [0.3, 0.4) is 0 Å². The molecule has 12 heteroatoms. The third-order valence-corrected chi connectivity index (χ3v) is 4.17. The van der Waals surface area contributed by atoms with E-state index in [0.717, 1.165) is 6.08 Å². The molecule has 1 aliphatic heterocycles. The van der Waals surface area contributed by atoms with Crippen molar-refractivity contribution < 1.29 is 39.9 Å². The van der Waals surface area contributed by atoms with Crippen molar-refractivity contribution in [3.8, 4) is 0 Å². The molecule has 0 bridgehead atoms. The minimum absolute atomic E-state index is 0.000486. The molecule has 1 unspecified atom stereocenters. The van der Waals surface area contributed by atoms with E-state index in [1.54, 1.807) is 0 Å². The quantitative estimate of drug-likeness (QED) is 0.252. The number of aliphatic carboxylic acids is 1. The Morgan fingerprint density at radius 2 is 2.11 bits per heavy atom. The van der Waals surface area contributed by atoms with Crippen LogP contribution in [-0.4, -0.2) is 89.5 Å². The molecule has 0 aromatic carbocycles. The molecule has 0 fully saturated rings. The summed E-state index contributed by atoms with van der Waals surface area (Å²) in [6.07, 6.45) is -2.53. The normalized spacial score (nSPS) is 24.0. The lowest BCUT2D eigenvalue weighted by Crippen LogP contribution is -2.59. The molecule has 156 valence electrons.